The van der Waals surface area contributed by atoms with E-state index >= 15 is 0 Å². The molecule has 1 amide bonds. The first-order chi connectivity index (χ1) is 9.81. The Balaban J connectivity index is 2.48. The van der Waals surface area contributed by atoms with E-state index in [9.17, 15) is 14.0 Å². The maximum atomic E-state index is 12.9. The van der Waals surface area contributed by atoms with Gasteiger partial charge in [-0.3, -0.25) is 0 Å². The summed E-state index contributed by atoms with van der Waals surface area (Å²) in [6.07, 6.45) is -0.859. The number of hydrogen-bond acceptors (Lipinski definition) is 4. The van der Waals surface area contributed by atoms with Gasteiger partial charge in [-0.2, -0.15) is 0 Å². The molecule has 6 heteroatoms. The molecule has 0 aliphatic heterocycles. The number of alkyl carbamates (subject to hydrolysis) is 1. The fourth-order valence-corrected chi connectivity index (χ4v) is 1.44. The lowest BCUT2D eigenvalue weighted by Crippen LogP contribution is -2.45. The number of hydrogen-bond donors (Lipinski definition) is 1. The molecule has 0 bridgehead atoms. The van der Waals surface area contributed by atoms with Crippen LogP contribution in [0.4, 0.5) is 9.18 Å². The van der Waals surface area contributed by atoms with Gasteiger partial charge < -0.3 is 14.8 Å². The zero-order chi connectivity index (χ0) is 15.9. The molecule has 1 atom stereocenters. The van der Waals surface area contributed by atoms with Crippen LogP contribution in [0, 0.1) is 0 Å². The zero-order valence-electron chi connectivity index (χ0n) is 12.4. The molecule has 1 aromatic rings. The largest absolute Gasteiger partial charge is 0.459 e. The van der Waals surface area contributed by atoms with Crippen molar-refractivity contribution in [3.63, 3.8) is 0 Å². The van der Waals surface area contributed by atoms with E-state index < -0.39 is 30.4 Å². The number of rotatable bonds is 5. The molecule has 0 fully saturated rings. The number of ether oxygens (including phenoxy) is 2. The van der Waals surface area contributed by atoms with Crippen molar-refractivity contribution in [3.05, 3.63) is 35.9 Å². The lowest BCUT2D eigenvalue weighted by molar-refractivity contribution is -0.147. The number of carbonyl (C=O) groups is 2. The Morgan fingerprint density at radius 2 is 1.86 bits per heavy atom. The van der Waals surface area contributed by atoms with Crippen molar-refractivity contribution in [3.8, 4) is 0 Å². The van der Waals surface area contributed by atoms with E-state index in [4.69, 9.17) is 9.47 Å². The van der Waals surface area contributed by atoms with E-state index in [1.807, 2.05) is 6.07 Å². The van der Waals surface area contributed by atoms with Crippen LogP contribution in [-0.4, -0.2) is 30.4 Å². The van der Waals surface area contributed by atoms with E-state index in [1.54, 1.807) is 45.0 Å². The van der Waals surface area contributed by atoms with E-state index in [0.717, 1.165) is 5.56 Å². The monoisotopic (exact) mass is 297 g/mol. The predicted octanol–water partition coefficient (Wildman–Crippen LogP) is 2.59. The SMILES string of the molecule is CC(C)(C)OC(=O)N[C@H](CF)C(=O)OCc1ccccc1. The minimum absolute atomic E-state index is 0.0200. The molecule has 116 valence electrons. The van der Waals surface area contributed by atoms with E-state index in [1.165, 1.54) is 0 Å². The lowest BCUT2D eigenvalue weighted by Gasteiger charge is -2.21. The van der Waals surface area contributed by atoms with Gasteiger partial charge in [-0.05, 0) is 26.3 Å². The highest BCUT2D eigenvalue weighted by Gasteiger charge is 2.25. The number of alkyl halides is 1. The van der Waals surface area contributed by atoms with Gasteiger partial charge in [0, 0.05) is 0 Å². The molecule has 0 aliphatic rings. The maximum absolute atomic E-state index is 12.9. The molecule has 0 radical (unpaired) electrons. The number of carbonyl (C=O) groups excluding carboxylic acids is 2. The van der Waals surface area contributed by atoms with Crippen LogP contribution in [0.15, 0.2) is 30.3 Å². The Labute approximate surface area is 123 Å². The number of amides is 1. The molecule has 0 aromatic heterocycles. The van der Waals surface area contributed by atoms with Crippen LogP contribution in [0.5, 0.6) is 0 Å². The van der Waals surface area contributed by atoms with Crippen LogP contribution in [0.1, 0.15) is 26.3 Å². The first-order valence-corrected chi connectivity index (χ1v) is 6.58. The quantitative estimate of drug-likeness (QED) is 0.848. The highest BCUT2D eigenvalue weighted by atomic mass is 19.1. The smallest absolute Gasteiger partial charge is 0.408 e. The first kappa shape index (κ1) is 16.9. The van der Waals surface area contributed by atoms with Gasteiger partial charge in [0.1, 0.15) is 18.9 Å². The van der Waals surface area contributed by atoms with Crippen molar-refractivity contribution in [2.75, 3.05) is 6.67 Å². The van der Waals surface area contributed by atoms with Gasteiger partial charge in [-0.25, -0.2) is 14.0 Å². The Hall–Kier alpha value is -2.11. The Morgan fingerprint density at radius 1 is 1.24 bits per heavy atom. The first-order valence-electron chi connectivity index (χ1n) is 6.58. The summed E-state index contributed by atoms with van der Waals surface area (Å²) in [5.41, 5.74) is 0.0551. The van der Waals surface area contributed by atoms with E-state index in [2.05, 4.69) is 5.32 Å². The second kappa shape index (κ2) is 7.61. The average Bonchev–Trinajstić information content (AvgIpc) is 2.41. The van der Waals surface area contributed by atoms with Gasteiger partial charge >= 0.3 is 12.1 Å². The Kier molecular flexibility index (Phi) is 6.14. The lowest BCUT2D eigenvalue weighted by atomic mass is 10.2. The number of benzene rings is 1. The molecule has 1 aromatic carbocycles. The Bertz CT molecular complexity index is 470. The van der Waals surface area contributed by atoms with E-state index in [0.29, 0.717) is 0 Å². The summed E-state index contributed by atoms with van der Waals surface area (Å²) in [5, 5.41) is 2.15. The van der Waals surface area contributed by atoms with Crippen molar-refractivity contribution < 1.29 is 23.5 Å². The van der Waals surface area contributed by atoms with Crippen LogP contribution in [0.2, 0.25) is 0 Å². The molecule has 1 rings (SSSR count). The highest BCUT2D eigenvalue weighted by Crippen LogP contribution is 2.07. The number of halogens is 1. The third-order valence-electron chi connectivity index (χ3n) is 2.35. The van der Waals surface area contributed by atoms with Crippen LogP contribution in [-0.2, 0) is 20.9 Å². The van der Waals surface area contributed by atoms with Crippen LogP contribution >= 0.6 is 0 Å². The standard InChI is InChI=1S/C15H20FNO4/c1-15(2,3)21-14(19)17-12(9-16)13(18)20-10-11-7-5-4-6-8-11/h4-8,12H,9-10H2,1-3H3,(H,17,19)/t12-/m1/s1. The maximum Gasteiger partial charge on any atom is 0.408 e. The van der Waals surface area contributed by atoms with Gasteiger partial charge in [-0.15, -0.1) is 0 Å². The van der Waals surface area contributed by atoms with Gasteiger partial charge in [-0.1, -0.05) is 30.3 Å². The third kappa shape index (κ3) is 6.74. The predicted molar refractivity (Wildman–Crippen MR) is 75.4 cm³/mol. The number of esters is 1. The highest BCUT2D eigenvalue weighted by molar-refractivity contribution is 5.81. The molecule has 0 spiro atoms. The fraction of sp³-hybridized carbons (Fsp3) is 0.467. The second-order valence-electron chi connectivity index (χ2n) is 5.45. The van der Waals surface area contributed by atoms with Crippen LogP contribution in [0.3, 0.4) is 0 Å². The molecule has 0 unspecified atom stereocenters. The minimum atomic E-state index is -1.37. The van der Waals surface area contributed by atoms with Crippen molar-refractivity contribution in [1.29, 1.82) is 0 Å². The molecule has 5 nitrogen and oxygen atoms in total. The zero-order valence-corrected chi connectivity index (χ0v) is 12.4. The normalized spacial score (nSPS) is 12.4. The summed E-state index contributed by atoms with van der Waals surface area (Å²) in [7, 11) is 0. The molecule has 0 heterocycles. The second-order valence-corrected chi connectivity index (χ2v) is 5.45. The summed E-state index contributed by atoms with van der Waals surface area (Å²) in [5.74, 6) is -0.841. The fourth-order valence-electron chi connectivity index (χ4n) is 1.44. The van der Waals surface area contributed by atoms with Crippen LogP contribution in [0.25, 0.3) is 0 Å². The van der Waals surface area contributed by atoms with Gasteiger partial charge in [0.05, 0.1) is 0 Å². The Morgan fingerprint density at radius 3 is 2.38 bits per heavy atom. The van der Waals surface area contributed by atoms with Crippen molar-refractivity contribution in [1.82, 2.24) is 5.32 Å². The van der Waals surface area contributed by atoms with Crippen molar-refractivity contribution >= 4 is 12.1 Å². The van der Waals surface area contributed by atoms with Crippen molar-refractivity contribution in [2.24, 2.45) is 0 Å². The average molecular weight is 297 g/mol. The van der Waals surface area contributed by atoms with Gasteiger partial charge in [0.15, 0.2) is 6.04 Å². The summed E-state index contributed by atoms with van der Waals surface area (Å²) < 4.78 is 22.8. The van der Waals surface area contributed by atoms with Crippen LogP contribution < -0.4 is 5.32 Å². The summed E-state index contributed by atoms with van der Waals surface area (Å²) in [6, 6.07) is 7.62. The molecular weight excluding hydrogens is 277 g/mol. The van der Waals surface area contributed by atoms with Gasteiger partial charge in [0.25, 0.3) is 0 Å². The number of nitrogens with one attached hydrogen (secondary N) is 1. The molecule has 0 aliphatic carbocycles. The summed E-state index contributed by atoms with van der Waals surface area (Å²) >= 11 is 0. The molecular formula is C15H20FNO4. The molecule has 0 saturated carbocycles. The van der Waals surface area contributed by atoms with E-state index in [-0.39, 0.29) is 6.61 Å². The molecule has 21 heavy (non-hydrogen) atoms. The van der Waals surface area contributed by atoms with Gasteiger partial charge in [0.2, 0.25) is 0 Å². The molecule has 1 N–H and O–H groups in total. The topological polar surface area (TPSA) is 64.6 Å². The third-order valence-corrected chi connectivity index (χ3v) is 2.35. The summed E-state index contributed by atoms with van der Waals surface area (Å²) in [4.78, 5) is 23.2. The summed E-state index contributed by atoms with van der Waals surface area (Å²) in [6.45, 7) is 3.97. The molecule has 0 saturated heterocycles. The van der Waals surface area contributed by atoms with Crippen molar-refractivity contribution in [2.45, 2.75) is 39.0 Å². The minimum Gasteiger partial charge on any atom is -0.459 e.